The van der Waals surface area contributed by atoms with Crippen molar-refractivity contribution >= 4 is 28.9 Å². The number of fused-ring (bicyclic) bond motifs is 2. The molecule has 0 amide bonds. The molecular formula is C34H48BrNO11. The number of benzene rings is 1. The summed E-state index contributed by atoms with van der Waals surface area (Å²) in [5.41, 5.74) is -4.79. The molecule has 7 bridgehead atoms. The van der Waals surface area contributed by atoms with Crippen LogP contribution in [0.1, 0.15) is 37.0 Å². The van der Waals surface area contributed by atoms with E-state index in [-0.39, 0.29) is 42.0 Å². The van der Waals surface area contributed by atoms with Gasteiger partial charge in [0, 0.05) is 83.0 Å². The van der Waals surface area contributed by atoms with Crippen molar-refractivity contribution in [3.8, 4) is 0 Å². The number of hydrogen-bond acceptors (Lipinski definition) is 12. The molecule has 1 saturated heterocycles. The van der Waals surface area contributed by atoms with E-state index in [1.807, 2.05) is 6.92 Å². The van der Waals surface area contributed by atoms with E-state index in [4.69, 9.17) is 28.4 Å². The van der Waals surface area contributed by atoms with Gasteiger partial charge in [0.1, 0.15) is 23.9 Å². The summed E-state index contributed by atoms with van der Waals surface area (Å²) in [7, 11) is 6.27. The lowest BCUT2D eigenvalue weighted by Crippen LogP contribution is -2.81. The Balaban J connectivity index is 0.00000386. The lowest BCUT2D eigenvalue weighted by atomic mass is 9.42. The molecule has 6 aliphatic rings. The van der Waals surface area contributed by atoms with Crippen molar-refractivity contribution in [2.24, 2.45) is 34.5 Å². The van der Waals surface area contributed by atoms with E-state index >= 15 is 0 Å². The molecular weight excluding hydrogens is 678 g/mol. The molecule has 47 heavy (non-hydrogen) atoms. The van der Waals surface area contributed by atoms with Crippen LogP contribution in [0, 0.1) is 34.5 Å². The van der Waals surface area contributed by atoms with Gasteiger partial charge >= 0.3 is 11.9 Å². The van der Waals surface area contributed by atoms with Crippen molar-refractivity contribution in [3.05, 3.63) is 35.9 Å². The first kappa shape index (κ1) is 35.2. The Labute approximate surface area is 285 Å². The standard InChI is InChI=1S/C34H47NO11.BrH/c1-7-35-15-31(16-41-3)20(37)13-21(42-4)33-19-14-32(40)28(45-30(39)18-11-9-8-10-12-18)22(19)34(46-17(2)36,27(38)29(32)44-6)23(26(33)35)24(43-5)25(31)33;/h8-12,19-29,37-38,40H,7,13-16H2,1-6H3;1H/t19-,20-,21+,22-,23-,24+,25-,26?,27+,28-,29+,31+,32-,33+,34-;/m1./s1. The van der Waals surface area contributed by atoms with Crippen molar-refractivity contribution in [3.63, 3.8) is 0 Å². The van der Waals surface area contributed by atoms with Crippen LogP contribution in [0.2, 0.25) is 0 Å². The van der Waals surface area contributed by atoms with Gasteiger partial charge in [0.05, 0.1) is 30.5 Å². The fourth-order valence-corrected chi connectivity index (χ4v) is 12.3. The van der Waals surface area contributed by atoms with Crippen LogP contribution in [0.4, 0.5) is 0 Å². The van der Waals surface area contributed by atoms with Crippen molar-refractivity contribution < 1.29 is 53.3 Å². The number of ether oxygens (including phenoxy) is 6. The number of halogens is 1. The van der Waals surface area contributed by atoms with Crippen LogP contribution >= 0.6 is 17.0 Å². The molecule has 12 nitrogen and oxygen atoms in total. The van der Waals surface area contributed by atoms with Gasteiger partial charge in [-0.1, -0.05) is 25.1 Å². The predicted octanol–water partition coefficient (Wildman–Crippen LogP) is 1.23. The third-order valence-corrected chi connectivity index (χ3v) is 13.2. The Bertz CT molecular complexity index is 1370. The molecule has 5 aliphatic carbocycles. The number of rotatable bonds is 9. The van der Waals surface area contributed by atoms with Gasteiger partial charge in [-0.05, 0) is 31.0 Å². The van der Waals surface area contributed by atoms with Gasteiger partial charge in [0.15, 0.2) is 5.60 Å². The normalized spacial score (nSPS) is 48.8. The van der Waals surface area contributed by atoms with Gasteiger partial charge < -0.3 is 43.7 Å². The Morgan fingerprint density at radius 2 is 1.70 bits per heavy atom. The number of esters is 2. The van der Waals surface area contributed by atoms with Crippen LogP contribution in [0.15, 0.2) is 30.3 Å². The van der Waals surface area contributed by atoms with E-state index in [2.05, 4.69) is 4.90 Å². The van der Waals surface area contributed by atoms with Crippen molar-refractivity contribution in [1.29, 1.82) is 0 Å². The highest BCUT2D eigenvalue weighted by Crippen LogP contribution is 2.80. The average molecular weight is 727 g/mol. The van der Waals surface area contributed by atoms with E-state index in [0.29, 0.717) is 25.1 Å². The molecule has 0 aromatic heterocycles. The molecule has 0 radical (unpaired) electrons. The molecule has 262 valence electrons. The van der Waals surface area contributed by atoms with Crippen LogP contribution in [-0.2, 0) is 33.2 Å². The number of likely N-dealkylation sites (tertiary alicyclic amines) is 1. The van der Waals surface area contributed by atoms with E-state index in [0.717, 1.165) is 0 Å². The topological polar surface area (TPSA) is 153 Å². The Hall–Kier alpha value is -1.68. The first-order chi connectivity index (χ1) is 22.0. The van der Waals surface area contributed by atoms with Gasteiger partial charge in [-0.15, -0.1) is 17.0 Å². The second-order valence-electron chi connectivity index (χ2n) is 14.4. The fourth-order valence-electron chi connectivity index (χ4n) is 12.3. The lowest BCUT2D eigenvalue weighted by molar-refractivity contribution is -0.322. The van der Waals surface area contributed by atoms with Crippen molar-refractivity contribution in [2.75, 3.05) is 48.1 Å². The van der Waals surface area contributed by atoms with E-state index in [1.54, 1.807) is 51.7 Å². The highest BCUT2D eigenvalue weighted by molar-refractivity contribution is 8.93. The molecule has 1 aromatic rings. The summed E-state index contributed by atoms with van der Waals surface area (Å²) < 4.78 is 37.4. The minimum atomic E-state index is -1.83. The second-order valence-corrected chi connectivity index (χ2v) is 14.4. The maximum absolute atomic E-state index is 13.8. The monoisotopic (exact) mass is 725 g/mol. The lowest BCUT2D eigenvalue weighted by Gasteiger charge is -2.70. The first-order valence-corrected chi connectivity index (χ1v) is 16.3. The minimum Gasteiger partial charge on any atom is -0.455 e. The van der Waals surface area contributed by atoms with Crippen LogP contribution in [0.25, 0.3) is 0 Å². The number of hydrogen-bond donors (Lipinski definition) is 3. The van der Waals surface area contributed by atoms with Gasteiger partial charge in [-0.2, -0.15) is 0 Å². The number of methoxy groups -OCH3 is 4. The molecule has 7 rings (SSSR count). The fraction of sp³-hybridized carbons (Fsp3) is 0.765. The number of carbonyl (C=O) groups excluding carboxylic acids is 2. The quantitative estimate of drug-likeness (QED) is 0.314. The summed E-state index contributed by atoms with van der Waals surface area (Å²) in [5, 5.41) is 37.3. The molecule has 1 spiro atoms. The Morgan fingerprint density at radius 3 is 2.28 bits per heavy atom. The van der Waals surface area contributed by atoms with Gasteiger partial charge in [-0.3, -0.25) is 9.69 Å². The number of aliphatic hydroxyl groups excluding tert-OH is 2. The molecule has 5 saturated carbocycles. The van der Waals surface area contributed by atoms with E-state index < -0.39 is 88.3 Å². The third-order valence-electron chi connectivity index (χ3n) is 13.2. The first-order valence-electron chi connectivity index (χ1n) is 16.3. The van der Waals surface area contributed by atoms with Gasteiger partial charge in [-0.25, -0.2) is 4.79 Å². The number of carbonyl (C=O) groups is 2. The summed E-state index contributed by atoms with van der Waals surface area (Å²) in [5.74, 6) is -3.65. The minimum absolute atomic E-state index is 0. The zero-order chi connectivity index (χ0) is 33.0. The van der Waals surface area contributed by atoms with Crippen LogP contribution in [-0.4, -0.2) is 134 Å². The zero-order valence-electron chi connectivity index (χ0n) is 27.7. The second kappa shape index (κ2) is 12.0. The summed E-state index contributed by atoms with van der Waals surface area (Å²) in [6.07, 6.45) is -5.49. The third kappa shape index (κ3) is 4.09. The molecule has 3 N–H and O–H groups in total. The van der Waals surface area contributed by atoms with Crippen LogP contribution < -0.4 is 0 Å². The summed E-state index contributed by atoms with van der Waals surface area (Å²) in [4.78, 5) is 29.3. The number of nitrogens with zero attached hydrogens (tertiary/aromatic N) is 1. The zero-order valence-corrected chi connectivity index (χ0v) is 29.4. The maximum atomic E-state index is 13.8. The average Bonchev–Trinajstić information content (AvgIpc) is 3.41. The van der Waals surface area contributed by atoms with Gasteiger partial charge in [0.2, 0.25) is 0 Å². The number of aliphatic hydroxyl groups is 3. The highest BCUT2D eigenvalue weighted by atomic mass is 79.9. The van der Waals surface area contributed by atoms with E-state index in [1.165, 1.54) is 14.0 Å². The van der Waals surface area contributed by atoms with Crippen LogP contribution in [0.3, 0.4) is 0 Å². The smallest absolute Gasteiger partial charge is 0.338 e. The van der Waals surface area contributed by atoms with E-state index in [9.17, 15) is 24.9 Å². The molecule has 1 aromatic carbocycles. The summed E-state index contributed by atoms with van der Waals surface area (Å²) >= 11 is 0. The summed E-state index contributed by atoms with van der Waals surface area (Å²) in [6.45, 7) is 4.68. The highest BCUT2D eigenvalue weighted by Gasteiger charge is 2.92. The van der Waals surface area contributed by atoms with Crippen molar-refractivity contribution in [2.45, 2.75) is 80.6 Å². The molecule has 15 atom stereocenters. The maximum Gasteiger partial charge on any atom is 0.338 e. The summed E-state index contributed by atoms with van der Waals surface area (Å²) in [6, 6.07) is 8.18. The Morgan fingerprint density at radius 1 is 1.00 bits per heavy atom. The largest absolute Gasteiger partial charge is 0.455 e. The van der Waals surface area contributed by atoms with Crippen LogP contribution in [0.5, 0.6) is 0 Å². The van der Waals surface area contributed by atoms with Crippen molar-refractivity contribution in [1.82, 2.24) is 4.90 Å². The number of piperidine rings is 1. The molecule has 1 heterocycles. The van der Waals surface area contributed by atoms with Gasteiger partial charge in [0.25, 0.3) is 0 Å². The molecule has 13 heteroatoms. The molecule has 6 fully saturated rings. The Kier molecular flexibility index (Phi) is 8.96. The predicted molar refractivity (Wildman–Crippen MR) is 171 cm³/mol. The molecule has 1 unspecified atom stereocenters. The molecule has 1 aliphatic heterocycles. The SMILES string of the molecule is Br.CCN1C[C@]2(COC)[C@H](O)C[C@H](OC)[C@]34C1[C@@H]([C@H](OC)[C@H]23)[C@]1(OC(C)=O)[C@H]2[C@@H](OC(=O)c3ccccc3)[C@](O)(C[C@H]24)[C@@H](OC)[C@@H]1O.